The third kappa shape index (κ3) is 4.47. The van der Waals surface area contributed by atoms with Crippen molar-refractivity contribution in [3.8, 4) is 0 Å². The highest BCUT2D eigenvalue weighted by Gasteiger charge is 2.19. The number of thiazole rings is 1. The maximum absolute atomic E-state index is 12.6. The topological polar surface area (TPSA) is 102 Å². The van der Waals surface area contributed by atoms with Crippen molar-refractivity contribution < 1.29 is 13.2 Å². The number of halogens is 1. The Labute approximate surface area is 166 Å². The summed E-state index contributed by atoms with van der Waals surface area (Å²) in [5.41, 5.74) is 7.79. The van der Waals surface area contributed by atoms with Crippen LogP contribution in [-0.4, -0.2) is 19.3 Å². The summed E-state index contributed by atoms with van der Waals surface area (Å²) in [7, 11) is -3.78. The van der Waals surface area contributed by atoms with Gasteiger partial charge in [0.15, 0.2) is 5.13 Å². The Morgan fingerprint density at radius 1 is 1.22 bits per heavy atom. The molecule has 0 saturated heterocycles. The molecule has 0 saturated carbocycles. The van der Waals surface area contributed by atoms with Crippen molar-refractivity contribution in [2.45, 2.75) is 18.2 Å². The zero-order valence-corrected chi connectivity index (χ0v) is 16.7. The van der Waals surface area contributed by atoms with Crippen LogP contribution in [0.4, 0.5) is 5.13 Å². The number of anilines is 1. The number of nitrogens with zero attached hydrogens (tertiary/aromatic N) is 1. The molecular formula is C18H16ClN3O3S2. The number of nitrogens with two attached hydrogens (primary N) is 1. The van der Waals surface area contributed by atoms with E-state index in [1.54, 1.807) is 48.7 Å². The van der Waals surface area contributed by atoms with Crippen LogP contribution in [-0.2, 0) is 16.4 Å². The van der Waals surface area contributed by atoms with Crippen LogP contribution in [0.5, 0.6) is 0 Å². The van der Waals surface area contributed by atoms with E-state index >= 15 is 0 Å². The second kappa shape index (κ2) is 7.67. The molecule has 3 aromatic rings. The molecule has 0 aliphatic carbocycles. The monoisotopic (exact) mass is 421 g/mol. The minimum atomic E-state index is -3.78. The summed E-state index contributed by atoms with van der Waals surface area (Å²) >= 11 is 7.21. The Balaban J connectivity index is 1.75. The fraction of sp³-hybridized carbons (Fsp3) is 0.111. The molecule has 0 aliphatic rings. The van der Waals surface area contributed by atoms with Gasteiger partial charge in [-0.05, 0) is 42.3 Å². The molecular weight excluding hydrogens is 406 g/mol. The third-order valence-electron chi connectivity index (χ3n) is 3.90. The number of nitrogens with one attached hydrogen (secondary N) is 1. The van der Waals surface area contributed by atoms with Gasteiger partial charge in [-0.25, -0.2) is 13.4 Å². The second-order valence-corrected chi connectivity index (χ2v) is 8.77. The SMILES string of the molecule is Cc1c(Cl)cccc1S(=O)(=O)Nc1nc(Cc2ccc(C(N)=O)cc2)cs1. The molecule has 3 rings (SSSR count). The first-order valence-corrected chi connectivity index (χ1v) is 10.6. The highest BCUT2D eigenvalue weighted by Crippen LogP contribution is 2.26. The van der Waals surface area contributed by atoms with Crippen molar-refractivity contribution in [2.75, 3.05) is 4.72 Å². The van der Waals surface area contributed by atoms with Crippen LogP contribution >= 0.6 is 22.9 Å². The number of sulfonamides is 1. The molecule has 1 amide bonds. The Hall–Kier alpha value is -2.42. The molecule has 0 aliphatic heterocycles. The van der Waals surface area contributed by atoms with E-state index < -0.39 is 15.9 Å². The first-order chi connectivity index (χ1) is 12.8. The van der Waals surface area contributed by atoms with Crippen LogP contribution in [0.2, 0.25) is 5.02 Å². The molecule has 1 aromatic heterocycles. The zero-order chi connectivity index (χ0) is 19.6. The van der Waals surface area contributed by atoms with Gasteiger partial charge in [-0.15, -0.1) is 11.3 Å². The fourth-order valence-corrected chi connectivity index (χ4v) is 4.94. The lowest BCUT2D eigenvalue weighted by Crippen LogP contribution is -2.14. The van der Waals surface area contributed by atoms with Crippen molar-refractivity contribution in [3.63, 3.8) is 0 Å². The molecule has 0 fully saturated rings. The predicted octanol–water partition coefficient (Wildman–Crippen LogP) is 3.60. The Morgan fingerprint density at radius 2 is 1.93 bits per heavy atom. The summed E-state index contributed by atoms with van der Waals surface area (Å²) in [6.45, 7) is 1.65. The number of rotatable bonds is 6. The number of benzene rings is 2. The van der Waals surface area contributed by atoms with E-state index in [1.807, 2.05) is 0 Å². The average Bonchev–Trinajstić information content (AvgIpc) is 3.03. The molecule has 0 unspecified atom stereocenters. The molecule has 0 bridgehead atoms. The van der Waals surface area contributed by atoms with Gasteiger partial charge in [-0.1, -0.05) is 29.8 Å². The van der Waals surface area contributed by atoms with Gasteiger partial charge in [0.1, 0.15) is 0 Å². The molecule has 0 radical (unpaired) electrons. The van der Waals surface area contributed by atoms with Crippen LogP contribution in [0.1, 0.15) is 27.2 Å². The molecule has 0 spiro atoms. The third-order valence-corrected chi connectivity index (χ3v) is 6.73. The lowest BCUT2D eigenvalue weighted by atomic mass is 10.1. The van der Waals surface area contributed by atoms with Gasteiger partial charge in [-0.2, -0.15) is 0 Å². The number of carbonyl (C=O) groups is 1. The molecule has 6 nitrogen and oxygen atoms in total. The normalized spacial score (nSPS) is 11.3. The van der Waals surface area contributed by atoms with E-state index in [0.29, 0.717) is 28.3 Å². The first kappa shape index (κ1) is 19.3. The van der Waals surface area contributed by atoms with Gasteiger partial charge in [-0.3, -0.25) is 9.52 Å². The van der Waals surface area contributed by atoms with Crippen LogP contribution in [0.3, 0.4) is 0 Å². The van der Waals surface area contributed by atoms with Gasteiger partial charge in [0.2, 0.25) is 5.91 Å². The smallest absolute Gasteiger partial charge is 0.263 e. The van der Waals surface area contributed by atoms with Crippen LogP contribution < -0.4 is 10.5 Å². The number of carbonyl (C=O) groups excluding carboxylic acids is 1. The van der Waals surface area contributed by atoms with Gasteiger partial charge in [0.05, 0.1) is 10.6 Å². The molecule has 140 valence electrons. The van der Waals surface area contributed by atoms with E-state index in [0.717, 1.165) is 5.56 Å². The Bertz CT molecular complexity index is 1090. The summed E-state index contributed by atoms with van der Waals surface area (Å²) in [6, 6.07) is 11.6. The van der Waals surface area contributed by atoms with E-state index in [1.165, 1.54) is 17.4 Å². The van der Waals surface area contributed by atoms with E-state index in [4.69, 9.17) is 17.3 Å². The predicted molar refractivity (Wildman–Crippen MR) is 107 cm³/mol. The average molecular weight is 422 g/mol. The summed E-state index contributed by atoms with van der Waals surface area (Å²) < 4.78 is 27.7. The summed E-state index contributed by atoms with van der Waals surface area (Å²) in [5.74, 6) is -0.483. The molecule has 27 heavy (non-hydrogen) atoms. The van der Waals surface area contributed by atoms with Gasteiger partial charge < -0.3 is 5.73 Å². The molecule has 1 heterocycles. The van der Waals surface area contributed by atoms with Crippen LogP contribution in [0, 0.1) is 6.92 Å². The highest BCUT2D eigenvalue weighted by atomic mass is 35.5. The second-order valence-electron chi connectivity index (χ2n) is 5.85. The molecule has 0 atom stereocenters. The minimum Gasteiger partial charge on any atom is -0.366 e. The number of amides is 1. The maximum Gasteiger partial charge on any atom is 0.263 e. The van der Waals surface area contributed by atoms with Crippen molar-refractivity contribution >= 4 is 44.0 Å². The number of hydrogen-bond donors (Lipinski definition) is 2. The number of primary amides is 1. The van der Waals surface area contributed by atoms with E-state index in [-0.39, 0.29) is 10.0 Å². The lowest BCUT2D eigenvalue weighted by Gasteiger charge is -2.09. The van der Waals surface area contributed by atoms with E-state index in [2.05, 4.69) is 9.71 Å². The summed E-state index contributed by atoms with van der Waals surface area (Å²) in [6.07, 6.45) is 0.507. The molecule has 9 heteroatoms. The highest BCUT2D eigenvalue weighted by molar-refractivity contribution is 7.93. The van der Waals surface area contributed by atoms with Crippen molar-refractivity contribution in [2.24, 2.45) is 5.73 Å². The zero-order valence-electron chi connectivity index (χ0n) is 14.3. The Kier molecular flexibility index (Phi) is 5.50. The van der Waals surface area contributed by atoms with E-state index in [9.17, 15) is 13.2 Å². The van der Waals surface area contributed by atoms with Crippen molar-refractivity contribution in [1.29, 1.82) is 0 Å². The largest absolute Gasteiger partial charge is 0.366 e. The maximum atomic E-state index is 12.6. The van der Waals surface area contributed by atoms with Crippen molar-refractivity contribution in [3.05, 3.63) is 75.3 Å². The first-order valence-electron chi connectivity index (χ1n) is 7.87. The summed E-state index contributed by atoms with van der Waals surface area (Å²) in [5, 5.41) is 2.44. The Morgan fingerprint density at radius 3 is 2.59 bits per heavy atom. The number of aromatic nitrogens is 1. The van der Waals surface area contributed by atoms with Crippen LogP contribution in [0.25, 0.3) is 0 Å². The van der Waals surface area contributed by atoms with Crippen molar-refractivity contribution in [1.82, 2.24) is 4.98 Å². The lowest BCUT2D eigenvalue weighted by molar-refractivity contribution is 0.100. The van der Waals surface area contributed by atoms with Gasteiger partial charge in [0.25, 0.3) is 10.0 Å². The summed E-state index contributed by atoms with van der Waals surface area (Å²) in [4.78, 5) is 15.6. The fourth-order valence-electron chi connectivity index (χ4n) is 2.48. The van der Waals surface area contributed by atoms with Gasteiger partial charge in [0, 0.05) is 22.4 Å². The van der Waals surface area contributed by atoms with Crippen LogP contribution in [0.15, 0.2) is 52.7 Å². The molecule has 3 N–H and O–H groups in total. The quantitative estimate of drug-likeness (QED) is 0.634. The number of hydrogen-bond acceptors (Lipinski definition) is 5. The van der Waals surface area contributed by atoms with Gasteiger partial charge >= 0.3 is 0 Å². The molecule has 2 aromatic carbocycles. The minimum absolute atomic E-state index is 0.119. The standard InChI is InChI=1S/C18H16ClN3O3S2/c1-11-15(19)3-2-4-16(11)27(24,25)22-18-21-14(10-26-18)9-12-5-7-13(8-6-12)17(20)23/h2-8,10H,9H2,1H3,(H2,20,23)(H,21,22).